The van der Waals surface area contributed by atoms with Crippen LogP contribution in [0.15, 0.2) is 57.4 Å². The lowest BCUT2D eigenvalue weighted by molar-refractivity contribution is -0.143. The van der Waals surface area contributed by atoms with Crippen LogP contribution in [0.1, 0.15) is 49.7 Å². The zero-order valence-electron chi connectivity index (χ0n) is 22.4. The Morgan fingerprint density at radius 2 is 1.71 bits per heavy atom. The van der Waals surface area contributed by atoms with Crippen molar-refractivity contribution in [1.29, 1.82) is 0 Å². The molecule has 200 valence electrons. The summed E-state index contributed by atoms with van der Waals surface area (Å²) in [5, 5.41) is 15.3. The van der Waals surface area contributed by atoms with Crippen molar-refractivity contribution in [2.75, 3.05) is 7.11 Å². The van der Waals surface area contributed by atoms with Gasteiger partial charge >= 0.3 is 0 Å². The lowest BCUT2D eigenvalue weighted by Crippen LogP contribution is -2.49. The number of carbonyl (C=O) groups excluding carboxylic acids is 2. The first kappa shape index (κ1) is 26.6. The van der Waals surface area contributed by atoms with Gasteiger partial charge < -0.3 is 23.8 Å². The molecule has 2 amide bonds. The van der Waals surface area contributed by atoms with E-state index in [1.807, 2.05) is 39.8 Å². The van der Waals surface area contributed by atoms with Gasteiger partial charge in [-0.2, -0.15) is 4.80 Å². The summed E-state index contributed by atoms with van der Waals surface area (Å²) in [7, 11) is 1.58. The molecule has 4 aromatic rings. The predicted octanol–water partition coefficient (Wildman–Crippen LogP) is 3.84. The fourth-order valence-corrected chi connectivity index (χ4v) is 3.89. The SMILES string of the molecule is COc1ccc(CN(C(=O)Cn2nnc(-c3ccc(C)o3)n2)[C@H](C(=O)NC(C)(C)C)c2ccc(C)o2)cc1. The highest BCUT2D eigenvalue weighted by molar-refractivity contribution is 5.88. The number of carbonyl (C=O) groups is 2. The molecule has 11 nitrogen and oxygen atoms in total. The Balaban J connectivity index is 1.68. The molecule has 0 spiro atoms. The molecular weight excluding hydrogens is 488 g/mol. The van der Waals surface area contributed by atoms with Crippen LogP contribution >= 0.6 is 0 Å². The number of hydrogen-bond acceptors (Lipinski definition) is 8. The number of furan rings is 2. The molecule has 1 N–H and O–H groups in total. The minimum atomic E-state index is -1.03. The fourth-order valence-electron chi connectivity index (χ4n) is 3.89. The van der Waals surface area contributed by atoms with Crippen LogP contribution in [0.5, 0.6) is 5.75 Å². The van der Waals surface area contributed by atoms with E-state index in [1.165, 1.54) is 9.70 Å². The van der Waals surface area contributed by atoms with E-state index >= 15 is 0 Å². The Kier molecular flexibility index (Phi) is 7.65. The van der Waals surface area contributed by atoms with Crippen LogP contribution in [0.3, 0.4) is 0 Å². The molecule has 0 saturated carbocycles. The maximum Gasteiger partial charge on any atom is 0.251 e. The molecule has 0 aliphatic carbocycles. The minimum absolute atomic E-state index is 0.129. The molecule has 3 heterocycles. The molecule has 0 aliphatic rings. The number of hydrogen-bond donors (Lipinski definition) is 1. The average Bonchev–Trinajstić information content (AvgIpc) is 3.59. The molecule has 1 aromatic carbocycles. The minimum Gasteiger partial charge on any atom is -0.497 e. The maximum atomic E-state index is 13.8. The van der Waals surface area contributed by atoms with Crippen molar-refractivity contribution in [2.45, 2.75) is 59.3 Å². The first-order valence-corrected chi connectivity index (χ1v) is 12.2. The van der Waals surface area contributed by atoms with Crippen molar-refractivity contribution in [3.05, 3.63) is 71.4 Å². The number of rotatable bonds is 9. The summed E-state index contributed by atoms with van der Waals surface area (Å²) in [5.41, 5.74) is 0.268. The van der Waals surface area contributed by atoms with Gasteiger partial charge in [0.1, 0.15) is 29.6 Å². The van der Waals surface area contributed by atoms with Crippen LogP contribution in [0, 0.1) is 13.8 Å². The third-order valence-electron chi connectivity index (χ3n) is 5.61. The van der Waals surface area contributed by atoms with Crippen LogP contribution in [0.2, 0.25) is 0 Å². The molecule has 3 aromatic heterocycles. The Morgan fingerprint density at radius 1 is 1.03 bits per heavy atom. The van der Waals surface area contributed by atoms with E-state index < -0.39 is 17.5 Å². The molecule has 0 fully saturated rings. The number of aromatic nitrogens is 4. The smallest absolute Gasteiger partial charge is 0.251 e. The van der Waals surface area contributed by atoms with Crippen LogP contribution < -0.4 is 10.1 Å². The number of methoxy groups -OCH3 is 1. The highest BCUT2D eigenvalue weighted by Crippen LogP contribution is 2.27. The van der Waals surface area contributed by atoms with E-state index in [0.717, 1.165) is 5.56 Å². The van der Waals surface area contributed by atoms with Crippen LogP contribution in [0.4, 0.5) is 0 Å². The molecule has 11 heteroatoms. The second-order valence-electron chi connectivity index (χ2n) is 10.0. The normalized spacial score (nSPS) is 12.3. The van der Waals surface area contributed by atoms with Gasteiger partial charge in [-0.3, -0.25) is 9.59 Å². The Bertz CT molecular complexity index is 1400. The number of nitrogens with zero attached hydrogens (tertiary/aromatic N) is 5. The molecule has 0 radical (unpaired) electrons. The lowest BCUT2D eigenvalue weighted by atomic mass is 10.1. The Morgan fingerprint density at radius 3 is 2.29 bits per heavy atom. The molecule has 38 heavy (non-hydrogen) atoms. The average molecular weight is 521 g/mol. The zero-order valence-corrected chi connectivity index (χ0v) is 22.4. The molecule has 0 saturated heterocycles. The van der Waals surface area contributed by atoms with E-state index in [9.17, 15) is 9.59 Å². The van der Waals surface area contributed by atoms with Gasteiger partial charge in [-0.25, -0.2) is 0 Å². The molecular formula is C27H32N6O5. The maximum absolute atomic E-state index is 13.8. The molecule has 0 unspecified atom stereocenters. The van der Waals surface area contributed by atoms with E-state index in [-0.39, 0.29) is 24.8 Å². The molecule has 1 atom stereocenters. The standard InChI is InChI=1S/C27H32N6O5/c1-17-7-13-21(37-17)24(26(35)28-27(3,4)5)32(15-19-9-11-20(36-6)12-10-19)23(34)16-33-30-25(29-31-33)22-14-8-18(2)38-22/h7-14,24H,15-16H2,1-6H3,(H,28,35)/t24-/m0/s1. The van der Waals surface area contributed by atoms with Crippen molar-refractivity contribution in [2.24, 2.45) is 0 Å². The second kappa shape index (κ2) is 10.9. The van der Waals surface area contributed by atoms with Gasteiger partial charge in [0.25, 0.3) is 5.91 Å². The third kappa shape index (κ3) is 6.47. The second-order valence-corrected chi connectivity index (χ2v) is 10.0. The fraction of sp³-hybridized carbons (Fsp3) is 0.370. The third-order valence-corrected chi connectivity index (χ3v) is 5.61. The summed E-state index contributed by atoms with van der Waals surface area (Å²) < 4.78 is 16.7. The number of amides is 2. The molecule has 4 rings (SSSR count). The summed E-state index contributed by atoms with van der Waals surface area (Å²) in [6, 6.07) is 13.3. The van der Waals surface area contributed by atoms with Gasteiger partial charge in [-0.15, -0.1) is 10.2 Å². The first-order chi connectivity index (χ1) is 18.0. The predicted molar refractivity (Wildman–Crippen MR) is 138 cm³/mol. The molecule has 0 bridgehead atoms. The monoisotopic (exact) mass is 520 g/mol. The van der Waals surface area contributed by atoms with E-state index in [1.54, 1.807) is 50.4 Å². The van der Waals surface area contributed by atoms with Gasteiger partial charge in [0.2, 0.25) is 11.7 Å². The summed E-state index contributed by atoms with van der Waals surface area (Å²) in [4.78, 5) is 30.1. The zero-order chi connectivity index (χ0) is 27.4. The van der Waals surface area contributed by atoms with Crippen LogP contribution in [-0.2, 0) is 22.7 Å². The highest BCUT2D eigenvalue weighted by atomic mass is 16.5. The summed E-state index contributed by atoms with van der Waals surface area (Å²) in [6.45, 7) is 9.11. The number of tetrazole rings is 1. The lowest BCUT2D eigenvalue weighted by Gasteiger charge is -2.32. The van der Waals surface area contributed by atoms with Gasteiger partial charge in [-0.1, -0.05) is 12.1 Å². The Labute approximate surface area is 220 Å². The van der Waals surface area contributed by atoms with E-state index in [4.69, 9.17) is 13.6 Å². The quantitative estimate of drug-likeness (QED) is 0.353. The van der Waals surface area contributed by atoms with Crippen LogP contribution in [-0.4, -0.2) is 49.6 Å². The van der Waals surface area contributed by atoms with Crippen LogP contribution in [0.25, 0.3) is 11.6 Å². The Hall–Kier alpha value is -4.41. The number of benzene rings is 1. The van der Waals surface area contributed by atoms with Crippen molar-refractivity contribution in [3.8, 4) is 17.3 Å². The van der Waals surface area contributed by atoms with Crippen molar-refractivity contribution < 1.29 is 23.2 Å². The van der Waals surface area contributed by atoms with Gasteiger partial charge in [0.05, 0.1) is 7.11 Å². The van der Waals surface area contributed by atoms with E-state index in [2.05, 4.69) is 20.7 Å². The largest absolute Gasteiger partial charge is 0.497 e. The number of ether oxygens (including phenoxy) is 1. The van der Waals surface area contributed by atoms with Crippen molar-refractivity contribution in [1.82, 2.24) is 30.4 Å². The summed E-state index contributed by atoms with van der Waals surface area (Å²) in [6.07, 6.45) is 0. The van der Waals surface area contributed by atoms with Gasteiger partial charge in [0, 0.05) is 12.1 Å². The molecule has 0 aliphatic heterocycles. The van der Waals surface area contributed by atoms with Gasteiger partial charge in [0.15, 0.2) is 11.8 Å². The highest BCUT2D eigenvalue weighted by Gasteiger charge is 2.36. The number of aryl methyl sites for hydroxylation is 2. The van der Waals surface area contributed by atoms with Gasteiger partial charge in [-0.05, 0) is 81.8 Å². The summed E-state index contributed by atoms with van der Waals surface area (Å²) >= 11 is 0. The van der Waals surface area contributed by atoms with E-state index in [0.29, 0.717) is 28.8 Å². The van der Waals surface area contributed by atoms with Crippen molar-refractivity contribution in [3.63, 3.8) is 0 Å². The first-order valence-electron chi connectivity index (χ1n) is 12.2. The summed E-state index contributed by atoms with van der Waals surface area (Å²) in [5.74, 6) is 2.31. The van der Waals surface area contributed by atoms with Crippen molar-refractivity contribution >= 4 is 11.8 Å². The topological polar surface area (TPSA) is 129 Å². The number of nitrogens with one attached hydrogen (secondary N) is 1.